The Kier molecular flexibility index (Phi) is 10.9. The Balaban J connectivity index is 0.00000114. The van der Waals surface area contributed by atoms with Crippen LogP contribution in [0.15, 0.2) is 41.4 Å². The molecule has 32 heavy (non-hydrogen) atoms. The van der Waals surface area contributed by atoms with E-state index < -0.39 is 0 Å². The molecule has 3 atom stereocenters. The Morgan fingerprint density at radius 2 is 2.03 bits per heavy atom. The van der Waals surface area contributed by atoms with Crippen LogP contribution in [-0.4, -0.2) is 58.8 Å². The van der Waals surface area contributed by atoms with Gasteiger partial charge in [-0.2, -0.15) is 0 Å². The monoisotopic (exact) mass is 446 g/mol. The number of hydrogen-bond donors (Lipinski definition) is 3. The van der Waals surface area contributed by atoms with E-state index in [2.05, 4.69) is 20.8 Å². The second kappa shape index (κ2) is 13.9. The number of carboxylic acid groups (broad SMARTS) is 1. The van der Waals surface area contributed by atoms with E-state index in [1.54, 1.807) is 12.4 Å². The number of amides is 2. The molecule has 2 aromatic rings. The summed E-state index contributed by atoms with van der Waals surface area (Å²) in [6, 6.07) is 5.28. The summed E-state index contributed by atoms with van der Waals surface area (Å²) in [4.78, 5) is 37.3. The fraction of sp³-hybridized carbons (Fsp3) is 0.500. The molecule has 1 aliphatic carbocycles. The number of pyridine rings is 1. The van der Waals surface area contributed by atoms with Gasteiger partial charge >= 0.3 is 0 Å². The molecule has 0 bridgehead atoms. The number of rotatable bonds is 9. The van der Waals surface area contributed by atoms with Crippen molar-refractivity contribution in [3.05, 3.63) is 48.1 Å². The van der Waals surface area contributed by atoms with E-state index in [1.165, 1.54) is 12.3 Å². The zero-order valence-corrected chi connectivity index (χ0v) is 18.1. The van der Waals surface area contributed by atoms with Crippen molar-refractivity contribution in [1.82, 2.24) is 20.8 Å². The van der Waals surface area contributed by atoms with Crippen molar-refractivity contribution in [3.63, 3.8) is 0 Å². The predicted molar refractivity (Wildman–Crippen MR) is 115 cm³/mol. The molecule has 0 unspecified atom stereocenters. The number of hydrogen-bond acceptors (Lipinski definition) is 7. The average molecular weight is 447 g/mol. The van der Waals surface area contributed by atoms with Gasteiger partial charge in [0.2, 0.25) is 5.91 Å². The third-order valence-corrected chi connectivity index (χ3v) is 5.15. The highest BCUT2D eigenvalue weighted by atomic mass is 16.5. The van der Waals surface area contributed by atoms with Gasteiger partial charge in [0.1, 0.15) is 6.26 Å². The molecular formula is C22H30N4O6. The highest BCUT2D eigenvalue weighted by Crippen LogP contribution is 2.27. The van der Waals surface area contributed by atoms with Crippen LogP contribution < -0.4 is 10.6 Å². The molecule has 2 amide bonds. The van der Waals surface area contributed by atoms with E-state index in [0.29, 0.717) is 32.4 Å². The first-order valence-corrected chi connectivity index (χ1v) is 10.7. The van der Waals surface area contributed by atoms with Crippen molar-refractivity contribution < 1.29 is 28.8 Å². The fourth-order valence-electron chi connectivity index (χ4n) is 3.58. The summed E-state index contributed by atoms with van der Waals surface area (Å²) in [5, 5.41) is 16.6. The Morgan fingerprint density at radius 1 is 1.28 bits per heavy atom. The van der Waals surface area contributed by atoms with E-state index in [0.717, 1.165) is 18.4 Å². The van der Waals surface area contributed by atoms with Crippen molar-refractivity contribution in [2.75, 3.05) is 13.2 Å². The molecule has 3 rings (SSSR count). The molecule has 2 aromatic heterocycles. The molecule has 3 N–H and O–H groups in total. The minimum Gasteiger partial charge on any atom is -0.483 e. The number of carbonyl (C=O) groups excluding carboxylic acids is 2. The van der Waals surface area contributed by atoms with Gasteiger partial charge in [0, 0.05) is 37.5 Å². The van der Waals surface area contributed by atoms with Crippen LogP contribution >= 0.6 is 0 Å². The molecule has 0 aromatic carbocycles. The molecule has 1 saturated carbocycles. The van der Waals surface area contributed by atoms with Crippen LogP contribution in [0.2, 0.25) is 0 Å². The van der Waals surface area contributed by atoms with Gasteiger partial charge in [-0.1, -0.05) is 12.1 Å². The number of carbonyl (C=O) groups is 3. The van der Waals surface area contributed by atoms with Crippen LogP contribution in [-0.2, 0) is 20.7 Å². The topological polar surface area (TPSA) is 144 Å². The summed E-state index contributed by atoms with van der Waals surface area (Å²) in [5.41, 5.74) is 1.39. The Morgan fingerprint density at radius 3 is 2.69 bits per heavy atom. The second-order valence-corrected chi connectivity index (χ2v) is 7.39. The van der Waals surface area contributed by atoms with E-state index in [4.69, 9.17) is 19.2 Å². The summed E-state index contributed by atoms with van der Waals surface area (Å²) in [6.45, 7) is 2.97. The van der Waals surface area contributed by atoms with Crippen LogP contribution in [0.4, 0.5) is 0 Å². The van der Waals surface area contributed by atoms with Gasteiger partial charge in [0.05, 0.1) is 12.1 Å². The Bertz CT molecular complexity index is 815. The lowest BCUT2D eigenvalue weighted by Crippen LogP contribution is -2.50. The molecule has 10 nitrogen and oxygen atoms in total. The summed E-state index contributed by atoms with van der Waals surface area (Å²) < 4.78 is 10.7. The maximum atomic E-state index is 12.6. The van der Waals surface area contributed by atoms with E-state index in [1.807, 2.05) is 19.1 Å². The molecule has 10 heteroatoms. The van der Waals surface area contributed by atoms with Crippen LogP contribution in [0.1, 0.15) is 48.7 Å². The third kappa shape index (κ3) is 8.10. The van der Waals surface area contributed by atoms with E-state index in [9.17, 15) is 9.59 Å². The second-order valence-electron chi connectivity index (χ2n) is 7.39. The molecule has 0 spiro atoms. The minimum atomic E-state index is -0.283. The van der Waals surface area contributed by atoms with Crippen molar-refractivity contribution in [1.29, 1.82) is 0 Å². The first kappa shape index (κ1) is 25.0. The molecule has 174 valence electrons. The number of ether oxygens (including phenoxy) is 1. The Labute approximate surface area is 186 Å². The molecule has 1 fully saturated rings. The smallest absolute Gasteiger partial charge is 0.290 e. The largest absolute Gasteiger partial charge is 0.483 e. The van der Waals surface area contributed by atoms with Crippen LogP contribution in [0.3, 0.4) is 0 Å². The van der Waals surface area contributed by atoms with E-state index in [-0.39, 0.29) is 42.0 Å². The third-order valence-electron chi connectivity index (χ3n) is 5.15. The summed E-state index contributed by atoms with van der Waals surface area (Å²) in [6.07, 6.45) is 8.30. The van der Waals surface area contributed by atoms with Crippen molar-refractivity contribution >= 4 is 18.3 Å². The van der Waals surface area contributed by atoms with Crippen molar-refractivity contribution in [3.8, 4) is 0 Å². The average Bonchev–Trinajstić information content (AvgIpc) is 3.35. The zero-order valence-electron chi connectivity index (χ0n) is 18.1. The molecule has 2 heterocycles. The lowest BCUT2D eigenvalue weighted by atomic mass is 9.83. The van der Waals surface area contributed by atoms with Crippen molar-refractivity contribution in [2.24, 2.45) is 5.92 Å². The standard InChI is InChI=1S/C21H28N4O4.CH2O2/c1-2-12-28-19-14-16(20(26)23-11-7-15-5-9-22-10-6-15)3-4-17(19)24-21(27)18-8-13-29-25-18;2-1-3/h5-6,8-10,13,16-17,19H,2-4,7,11-12,14H2,1H3,(H,23,26)(H,24,27);1H,(H,2,3)/t16-,17-,19-;/m0./s1. The lowest BCUT2D eigenvalue weighted by molar-refractivity contribution is -0.128. The highest BCUT2D eigenvalue weighted by Gasteiger charge is 2.35. The van der Waals surface area contributed by atoms with Gasteiger partial charge in [0.25, 0.3) is 12.4 Å². The Hall–Kier alpha value is -3.27. The molecule has 0 aliphatic heterocycles. The normalized spacial score (nSPS) is 19.8. The van der Waals surface area contributed by atoms with Gasteiger partial charge in [-0.25, -0.2) is 0 Å². The van der Waals surface area contributed by atoms with Crippen LogP contribution in [0.5, 0.6) is 0 Å². The van der Waals surface area contributed by atoms with Crippen LogP contribution in [0.25, 0.3) is 0 Å². The van der Waals surface area contributed by atoms with Gasteiger partial charge in [-0.3, -0.25) is 19.4 Å². The van der Waals surface area contributed by atoms with Gasteiger partial charge in [-0.05, 0) is 49.8 Å². The molecule has 1 aliphatic rings. The number of aromatic nitrogens is 2. The van der Waals surface area contributed by atoms with E-state index >= 15 is 0 Å². The fourth-order valence-corrected chi connectivity index (χ4v) is 3.58. The predicted octanol–water partition coefficient (Wildman–Crippen LogP) is 1.82. The van der Waals surface area contributed by atoms with Gasteiger partial charge in [-0.15, -0.1) is 0 Å². The number of nitrogens with one attached hydrogen (secondary N) is 2. The molecular weight excluding hydrogens is 416 g/mol. The quantitative estimate of drug-likeness (QED) is 0.495. The zero-order chi connectivity index (χ0) is 23.2. The maximum absolute atomic E-state index is 12.6. The maximum Gasteiger partial charge on any atom is 0.290 e. The molecule has 0 radical (unpaired) electrons. The SMILES string of the molecule is CCCO[C@H]1C[C@@H](C(=O)NCCc2ccncc2)CC[C@@H]1NC(=O)c1ccon1.O=CO. The minimum absolute atomic E-state index is 0.0467. The first-order chi connectivity index (χ1) is 15.6. The summed E-state index contributed by atoms with van der Waals surface area (Å²) in [5.74, 6) is -0.353. The summed E-state index contributed by atoms with van der Waals surface area (Å²) >= 11 is 0. The van der Waals surface area contributed by atoms with Gasteiger partial charge in [0.15, 0.2) is 5.69 Å². The lowest BCUT2D eigenvalue weighted by Gasteiger charge is -2.35. The highest BCUT2D eigenvalue weighted by molar-refractivity contribution is 5.92. The van der Waals surface area contributed by atoms with Gasteiger partial charge < -0.3 is 25.0 Å². The number of nitrogens with zero attached hydrogens (tertiary/aromatic N) is 2. The van der Waals surface area contributed by atoms with Crippen molar-refractivity contribution in [2.45, 2.75) is 51.2 Å². The molecule has 0 saturated heterocycles. The summed E-state index contributed by atoms with van der Waals surface area (Å²) in [7, 11) is 0. The first-order valence-electron chi connectivity index (χ1n) is 10.7. The van der Waals surface area contributed by atoms with Crippen LogP contribution in [0, 0.1) is 5.92 Å².